The summed E-state index contributed by atoms with van der Waals surface area (Å²) < 4.78 is 0. The van der Waals surface area contributed by atoms with Crippen molar-refractivity contribution in [2.24, 2.45) is 0 Å². The summed E-state index contributed by atoms with van der Waals surface area (Å²) >= 11 is 0. The zero-order valence-corrected chi connectivity index (χ0v) is 9.55. The van der Waals surface area contributed by atoms with Crippen molar-refractivity contribution >= 4 is 5.91 Å². The minimum atomic E-state index is -0.404. The number of aromatic nitrogens is 2. The number of H-pyrrole nitrogens is 1. The molecule has 5 nitrogen and oxygen atoms in total. The van der Waals surface area contributed by atoms with E-state index in [0.29, 0.717) is 6.54 Å². The molecule has 0 saturated carbocycles. The fourth-order valence-electron chi connectivity index (χ4n) is 2.00. The summed E-state index contributed by atoms with van der Waals surface area (Å²) in [6.45, 7) is 3.40. The maximum Gasteiger partial charge on any atom is 0.240 e. The topological polar surface area (TPSA) is 69.8 Å². The highest BCUT2D eigenvalue weighted by Crippen LogP contribution is 2.18. The molecular formula is C11H18N4O. The molecule has 1 saturated heterocycles. The molecule has 1 aromatic heterocycles. The molecule has 0 bridgehead atoms. The molecule has 16 heavy (non-hydrogen) atoms. The van der Waals surface area contributed by atoms with E-state index in [2.05, 4.69) is 20.6 Å². The van der Waals surface area contributed by atoms with Crippen molar-refractivity contribution < 1.29 is 4.79 Å². The minimum Gasteiger partial charge on any atom is -0.349 e. The van der Waals surface area contributed by atoms with Crippen molar-refractivity contribution in [3.8, 4) is 0 Å². The summed E-state index contributed by atoms with van der Waals surface area (Å²) in [5, 5.41) is 6.21. The lowest BCUT2D eigenvalue weighted by Crippen LogP contribution is -2.56. The molecule has 88 valence electrons. The van der Waals surface area contributed by atoms with Crippen LogP contribution in [0.3, 0.4) is 0 Å². The number of aromatic amines is 1. The number of imidazole rings is 1. The fraction of sp³-hybridized carbons (Fsp3) is 0.636. The Hall–Kier alpha value is -1.36. The summed E-state index contributed by atoms with van der Waals surface area (Å²) in [5.74, 6) is 0.0711. The summed E-state index contributed by atoms with van der Waals surface area (Å²) in [6.07, 6.45) is 6.51. The number of hydrogen-bond acceptors (Lipinski definition) is 3. The van der Waals surface area contributed by atoms with Gasteiger partial charge in [-0.15, -0.1) is 0 Å². The predicted octanol–water partition coefficient (Wildman–Crippen LogP) is 0.558. The molecule has 2 heterocycles. The van der Waals surface area contributed by atoms with Gasteiger partial charge >= 0.3 is 0 Å². The Morgan fingerprint density at radius 2 is 2.50 bits per heavy atom. The first-order chi connectivity index (χ1) is 7.71. The number of amides is 1. The van der Waals surface area contributed by atoms with Crippen molar-refractivity contribution in [2.45, 2.75) is 38.3 Å². The Morgan fingerprint density at radius 1 is 1.62 bits per heavy atom. The highest BCUT2D eigenvalue weighted by atomic mass is 16.2. The van der Waals surface area contributed by atoms with Crippen LogP contribution in [0.5, 0.6) is 0 Å². The van der Waals surface area contributed by atoms with Crippen LogP contribution in [0.15, 0.2) is 12.5 Å². The molecule has 3 N–H and O–H groups in total. The standard InChI is InChI=1S/C11H18N4O/c1-11(4-2-3-5-15-11)10(16)13-7-9-6-12-8-14-9/h6,8,15H,2-5,7H2,1H3,(H,12,14)(H,13,16). The van der Waals surface area contributed by atoms with Crippen molar-refractivity contribution in [2.75, 3.05) is 6.54 Å². The number of rotatable bonds is 3. The van der Waals surface area contributed by atoms with Crippen LogP contribution in [-0.4, -0.2) is 28.0 Å². The van der Waals surface area contributed by atoms with E-state index in [1.54, 1.807) is 12.5 Å². The smallest absolute Gasteiger partial charge is 0.240 e. The molecule has 0 aromatic carbocycles. The molecular weight excluding hydrogens is 204 g/mol. The molecule has 1 aromatic rings. The monoisotopic (exact) mass is 222 g/mol. The first-order valence-corrected chi connectivity index (χ1v) is 5.71. The minimum absolute atomic E-state index is 0.0711. The Bertz CT molecular complexity index is 341. The number of hydrogen-bond donors (Lipinski definition) is 3. The van der Waals surface area contributed by atoms with Crippen LogP contribution in [0.1, 0.15) is 31.9 Å². The molecule has 0 radical (unpaired) electrons. The normalized spacial score (nSPS) is 25.3. The van der Waals surface area contributed by atoms with Gasteiger partial charge < -0.3 is 15.6 Å². The van der Waals surface area contributed by atoms with Gasteiger partial charge in [0.15, 0.2) is 0 Å². The van der Waals surface area contributed by atoms with Gasteiger partial charge in [0.25, 0.3) is 0 Å². The van der Waals surface area contributed by atoms with Crippen molar-refractivity contribution in [1.82, 2.24) is 20.6 Å². The number of carbonyl (C=O) groups excluding carboxylic acids is 1. The lowest BCUT2D eigenvalue weighted by atomic mass is 9.90. The summed E-state index contributed by atoms with van der Waals surface area (Å²) in [6, 6.07) is 0. The van der Waals surface area contributed by atoms with E-state index in [1.165, 1.54) is 0 Å². The van der Waals surface area contributed by atoms with Gasteiger partial charge in [-0.25, -0.2) is 4.98 Å². The van der Waals surface area contributed by atoms with Gasteiger partial charge in [-0.3, -0.25) is 4.79 Å². The van der Waals surface area contributed by atoms with Crippen LogP contribution < -0.4 is 10.6 Å². The first-order valence-electron chi connectivity index (χ1n) is 5.71. The van der Waals surface area contributed by atoms with E-state index in [4.69, 9.17) is 0 Å². The zero-order valence-electron chi connectivity index (χ0n) is 9.55. The molecule has 1 atom stereocenters. The van der Waals surface area contributed by atoms with Crippen LogP contribution in [0, 0.1) is 0 Å². The van der Waals surface area contributed by atoms with E-state index in [0.717, 1.165) is 31.5 Å². The molecule has 1 amide bonds. The molecule has 0 spiro atoms. The average molecular weight is 222 g/mol. The van der Waals surface area contributed by atoms with Gasteiger partial charge in [-0.2, -0.15) is 0 Å². The number of nitrogens with zero attached hydrogens (tertiary/aromatic N) is 1. The molecule has 1 unspecified atom stereocenters. The lowest BCUT2D eigenvalue weighted by molar-refractivity contribution is -0.128. The lowest BCUT2D eigenvalue weighted by Gasteiger charge is -2.33. The van der Waals surface area contributed by atoms with Crippen molar-refractivity contribution in [1.29, 1.82) is 0 Å². The molecule has 2 rings (SSSR count). The quantitative estimate of drug-likeness (QED) is 0.700. The highest BCUT2D eigenvalue weighted by Gasteiger charge is 2.33. The number of carbonyl (C=O) groups is 1. The SMILES string of the molecule is CC1(C(=O)NCc2cnc[nH]2)CCCCN1. The van der Waals surface area contributed by atoms with E-state index < -0.39 is 5.54 Å². The maximum absolute atomic E-state index is 12.0. The maximum atomic E-state index is 12.0. The largest absolute Gasteiger partial charge is 0.349 e. The Labute approximate surface area is 95.0 Å². The zero-order chi connectivity index (χ0) is 11.4. The second-order valence-corrected chi connectivity index (χ2v) is 4.48. The van der Waals surface area contributed by atoms with Gasteiger partial charge in [-0.05, 0) is 32.7 Å². The van der Waals surface area contributed by atoms with Gasteiger partial charge in [0.1, 0.15) is 0 Å². The summed E-state index contributed by atoms with van der Waals surface area (Å²) in [5.41, 5.74) is 0.519. The Balaban J connectivity index is 1.87. The Kier molecular flexibility index (Phi) is 3.24. The summed E-state index contributed by atoms with van der Waals surface area (Å²) in [7, 11) is 0. The predicted molar refractivity (Wildman–Crippen MR) is 60.7 cm³/mol. The van der Waals surface area contributed by atoms with Gasteiger partial charge in [0, 0.05) is 6.20 Å². The molecule has 1 aliphatic rings. The molecule has 1 aliphatic heterocycles. The molecule has 1 fully saturated rings. The highest BCUT2D eigenvalue weighted by molar-refractivity contribution is 5.85. The van der Waals surface area contributed by atoms with Crippen LogP contribution >= 0.6 is 0 Å². The second kappa shape index (κ2) is 4.65. The van der Waals surface area contributed by atoms with Gasteiger partial charge in [0.05, 0.1) is 24.1 Å². The fourth-order valence-corrected chi connectivity index (χ4v) is 2.00. The van der Waals surface area contributed by atoms with Crippen LogP contribution in [-0.2, 0) is 11.3 Å². The van der Waals surface area contributed by atoms with E-state index >= 15 is 0 Å². The van der Waals surface area contributed by atoms with E-state index in [-0.39, 0.29) is 5.91 Å². The molecule has 0 aliphatic carbocycles. The third-order valence-corrected chi connectivity index (χ3v) is 3.11. The van der Waals surface area contributed by atoms with Gasteiger partial charge in [0.2, 0.25) is 5.91 Å². The summed E-state index contributed by atoms with van der Waals surface area (Å²) in [4.78, 5) is 18.9. The molecule has 5 heteroatoms. The average Bonchev–Trinajstić information content (AvgIpc) is 2.79. The van der Waals surface area contributed by atoms with Crippen LogP contribution in [0.25, 0.3) is 0 Å². The third kappa shape index (κ3) is 2.41. The van der Waals surface area contributed by atoms with E-state index in [1.807, 2.05) is 6.92 Å². The Morgan fingerprint density at radius 3 is 3.12 bits per heavy atom. The van der Waals surface area contributed by atoms with E-state index in [9.17, 15) is 4.79 Å². The van der Waals surface area contributed by atoms with Crippen LogP contribution in [0.2, 0.25) is 0 Å². The third-order valence-electron chi connectivity index (χ3n) is 3.11. The first kappa shape index (κ1) is 11.1. The van der Waals surface area contributed by atoms with Gasteiger partial charge in [-0.1, -0.05) is 0 Å². The second-order valence-electron chi connectivity index (χ2n) is 4.48. The van der Waals surface area contributed by atoms with Crippen molar-refractivity contribution in [3.05, 3.63) is 18.2 Å². The number of piperidine rings is 1. The van der Waals surface area contributed by atoms with Crippen LogP contribution in [0.4, 0.5) is 0 Å². The van der Waals surface area contributed by atoms with Crippen molar-refractivity contribution in [3.63, 3.8) is 0 Å². The number of nitrogens with one attached hydrogen (secondary N) is 3.